The smallest absolute Gasteiger partial charge is 0.156 e. The zero-order valence-corrected chi connectivity index (χ0v) is 19.1. The van der Waals surface area contributed by atoms with E-state index < -0.39 is 0 Å². The van der Waals surface area contributed by atoms with E-state index >= 15 is 4.39 Å². The first-order valence-corrected chi connectivity index (χ1v) is 11.5. The summed E-state index contributed by atoms with van der Waals surface area (Å²) in [5, 5.41) is 17.8. The third kappa shape index (κ3) is 3.75. The molecule has 0 radical (unpaired) electrons. The van der Waals surface area contributed by atoms with E-state index in [0.717, 1.165) is 48.3 Å². The van der Waals surface area contributed by atoms with Crippen molar-refractivity contribution in [1.29, 1.82) is 0 Å². The third-order valence-electron chi connectivity index (χ3n) is 6.71. The van der Waals surface area contributed by atoms with Crippen molar-refractivity contribution in [3.05, 3.63) is 53.2 Å². The quantitative estimate of drug-likeness (QED) is 0.485. The summed E-state index contributed by atoms with van der Waals surface area (Å²) >= 11 is 0. The van der Waals surface area contributed by atoms with Crippen LogP contribution in [0.2, 0.25) is 0 Å². The Kier molecular flexibility index (Phi) is 5.37. The number of hydrogen-bond donors (Lipinski definition) is 1. The van der Waals surface area contributed by atoms with Gasteiger partial charge in [0.25, 0.3) is 0 Å². The van der Waals surface area contributed by atoms with Crippen molar-refractivity contribution in [1.82, 2.24) is 30.1 Å². The van der Waals surface area contributed by atoms with Gasteiger partial charge in [-0.25, -0.2) is 13.9 Å². The van der Waals surface area contributed by atoms with E-state index in [1.807, 2.05) is 38.2 Å². The van der Waals surface area contributed by atoms with Crippen LogP contribution in [0.5, 0.6) is 0 Å². The fraction of sp³-hybridized carbons (Fsp3) is 0.440. The predicted octanol–water partition coefficient (Wildman–Crippen LogP) is 5.12. The minimum Gasteiger partial charge on any atom is -0.311 e. The number of imidazole rings is 1. The highest BCUT2D eigenvalue weighted by molar-refractivity contribution is 5.84. The number of aryl methyl sites for hydroxylation is 2. The summed E-state index contributed by atoms with van der Waals surface area (Å²) in [6, 6.07) is 8.21. The van der Waals surface area contributed by atoms with Crippen molar-refractivity contribution in [2.24, 2.45) is 0 Å². The lowest BCUT2D eigenvalue weighted by Crippen LogP contribution is -2.44. The first kappa shape index (κ1) is 20.9. The van der Waals surface area contributed by atoms with Gasteiger partial charge in [0.2, 0.25) is 0 Å². The van der Waals surface area contributed by atoms with Gasteiger partial charge in [0.05, 0.1) is 28.8 Å². The molecule has 0 bridgehead atoms. The first-order valence-electron chi connectivity index (χ1n) is 11.5. The summed E-state index contributed by atoms with van der Waals surface area (Å²) in [4.78, 5) is 4.49. The number of fused-ring (bicyclic) bond motifs is 2. The third-order valence-corrected chi connectivity index (χ3v) is 6.71. The number of hydrogen-bond acceptors (Lipinski definition) is 5. The number of halogens is 1. The van der Waals surface area contributed by atoms with Gasteiger partial charge >= 0.3 is 0 Å². The van der Waals surface area contributed by atoms with Gasteiger partial charge in [-0.1, -0.05) is 13.8 Å². The van der Waals surface area contributed by atoms with E-state index in [4.69, 9.17) is 0 Å². The van der Waals surface area contributed by atoms with Crippen LogP contribution in [0.4, 0.5) is 4.39 Å². The van der Waals surface area contributed by atoms with Gasteiger partial charge in [-0.2, -0.15) is 15.3 Å². The summed E-state index contributed by atoms with van der Waals surface area (Å²) in [6.45, 7) is 8.34. The van der Waals surface area contributed by atoms with E-state index in [1.165, 1.54) is 0 Å². The Balaban J connectivity index is 1.53. The molecular weight excluding hydrogens is 403 g/mol. The lowest BCUT2D eigenvalue weighted by Gasteiger charge is -2.35. The molecule has 0 saturated carbocycles. The van der Waals surface area contributed by atoms with Gasteiger partial charge in [0.1, 0.15) is 5.82 Å². The first-order chi connectivity index (χ1) is 15.4. The molecule has 1 aromatic carbocycles. The molecule has 0 spiro atoms. The second kappa shape index (κ2) is 8.20. The summed E-state index contributed by atoms with van der Waals surface area (Å²) in [5.74, 6) is 0.0151. The van der Waals surface area contributed by atoms with Crippen LogP contribution >= 0.6 is 0 Å². The molecule has 0 aliphatic carbocycles. The highest BCUT2D eigenvalue weighted by Gasteiger charge is 2.29. The molecule has 6 nitrogen and oxygen atoms in total. The van der Waals surface area contributed by atoms with Gasteiger partial charge < -0.3 is 5.32 Å². The molecule has 4 heterocycles. The van der Waals surface area contributed by atoms with Crippen molar-refractivity contribution < 1.29 is 4.39 Å². The van der Waals surface area contributed by atoms with Crippen molar-refractivity contribution >= 4 is 16.6 Å². The minimum atomic E-state index is -0.289. The van der Waals surface area contributed by atoms with Crippen LogP contribution in [-0.4, -0.2) is 36.9 Å². The fourth-order valence-corrected chi connectivity index (χ4v) is 4.91. The molecule has 7 heteroatoms. The molecule has 32 heavy (non-hydrogen) atoms. The van der Waals surface area contributed by atoms with Gasteiger partial charge in [0.15, 0.2) is 5.65 Å². The highest BCUT2D eigenvalue weighted by atomic mass is 19.1. The molecule has 1 fully saturated rings. The molecule has 1 N–H and O–H groups in total. The number of benzene rings is 1. The van der Waals surface area contributed by atoms with E-state index in [1.54, 1.807) is 10.6 Å². The molecule has 1 saturated heterocycles. The number of nitrogens with zero attached hydrogens (tertiary/aromatic N) is 5. The van der Waals surface area contributed by atoms with Crippen LogP contribution < -0.4 is 5.32 Å². The monoisotopic (exact) mass is 432 g/mol. The maximum absolute atomic E-state index is 15.3. The zero-order valence-electron chi connectivity index (χ0n) is 19.1. The largest absolute Gasteiger partial charge is 0.311 e. The van der Waals surface area contributed by atoms with Crippen molar-refractivity contribution in [2.75, 3.05) is 0 Å². The van der Waals surface area contributed by atoms with Crippen molar-refractivity contribution in [3.8, 4) is 11.3 Å². The second-order valence-corrected chi connectivity index (χ2v) is 9.07. The summed E-state index contributed by atoms with van der Waals surface area (Å²) in [6.07, 6.45) is 6.07. The summed E-state index contributed by atoms with van der Waals surface area (Å²) < 4.78 is 17.0. The molecule has 4 aromatic rings. The molecule has 166 valence electrons. The Morgan fingerprint density at radius 3 is 2.50 bits per heavy atom. The van der Waals surface area contributed by atoms with E-state index in [0.29, 0.717) is 40.2 Å². The maximum atomic E-state index is 15.3. The molecule has 3 aromatic heterocycles. The molecule has 2 atom stereocenters. The topological polar surface area (TPSA) is 68.0 Å². The van der Waals surface area contributed by atoms with Crippen LogP contribution in [0.25, 0.3) is 27.8 Å². The molecular formula is C25H29FN6. The molecule has 0 unspecified atom stereocenters. The van der Waals surface area contributed by atoms with Gasteiger partial charge in [-0.15, -0.1) is 0 Å². The Labute approximate surface area is 187 Å². The number of aromatic nitrogens is 5. The summed E-state index contributed by atoms with van der Waals surface area (Å²) in [7, 11) is 0. The molecule has 5 rings (SSSR count). The molecule has 1 aliphatic rings. The summed E-state index contributed by atoms with van der Waals surface area (Å²) in [5.41, 5.74) is 5.53. The Bertz CT molecular complexity index is 1280. The van der Waals surface area contributed by atoms with Crippen LogP contribution in [0.3, 0.4) is 0 Å². The predicted molar refractivity (Wildman–Crippen MR) is 124 cm³/mol. The van der Waals surface area contributed by atoms with Crippen LogP contribution in [0.15, 0.2) is 30.5 Å². The second-order valence-electron chi connectivity index (χ2n) is 9.07. The zero-order chi connectivity index (χ0) is 22.4. The number of piperidine rings is 1. The standard InChI is InChI=1S/C25H29FN6/c1-5-18-8-16(9-19(6-2)28-18)22-12-20-21(26)10-17(11-24(20)30-29-22)23-7-14(3)25-27-15(4)13-32(25)31-23/h7,10-13,16,18-19,28H,5-6,8-9H2,1-4H3/t18-,19-/m0/s1. The highest BCUT2D eigenvalue weighted by Crippen LogP contribution is 2.33. The van der Waals surface area contributed by atoms with Crippen LogP contribution in [0, 0.1) is 19.7 Å². The van der Waals surface area contributed by atoms with Crippen LogP contribution in [0.1, 0.15) is 62.4 Å². The van der Waals surface area contributed by atoms with Crippen LogP contribution in [-0.2, 0) is 0 Å². The van der Waals surface area contributed by atoms with E-state index in [-0.39, 0.29) is 5.82 Å². The number of nitrogens with one attached hydrogen (secondary N) is 1. The van der Waals surface area contributed by atoms with Gasteiger partial charge in [-0.3, -0.25) is 0 Å². The average Bonchev–Trinajstić information content (AvgIpc) is 3.19. The maximum Gasteiger partial charge on any atom is 0.156 e. The van der Waals surface area contributed by atoms with E-state index in [9.17, 15) is 0 Å². The normalized spacial score (nSPS) is 21.5. The SMILES string of the molecule is CC[C@H]1CC(c2cc3c(F)cc(-c4cc(C)c5nc(C)cn5n4)cc3nn2)C[C@H](CC)N1. The Morgan fingerprint density at radius 1 is 1.03 bits per heavy atom. The fourth-order valence-electron chi connectivity index (χ4n) is 4.91. The van der Waals surface area contributed by atoms with Gasteiger partial charge in [-0.05, 0) is 69.4 Å². The minimum absolute atomic E-state index is 0.289. The lowest BCUT2D eigenvalue weighted by atomic mass is 9.83. The average molecular weight is 433 g/mol. The lowest BCUT2D eigenvalue weighted by molar-refractivity contribution is 0.275. The van der Waals surface area contributed by atoms with Crippen molar-refractivity contribution in [2.45, 2.75) is 71.4 Å². The Morgan fingerprint density at radius 2 is 1.78 bits per heavy atom. The molecule has 1 aliphatic heterocycles. The molecule has 0 amide bonds. The number of rotatable bonds is 4. The van der Waals surface area contributed by atoms with E-state index in [2.05, 4.69) is 39.4 Å². The Hall–Kier alpha value is -2.93. The van der Waals surface area contributed by atoms with Crippen molar-refractivity contribution in [3.63, 3.8) is 0 Å². The van der Waals surface area contributed by atoms with Gasteiger partial charge in [0, 0.05) is 29.0 Å².